The lowest BCUT2D eigenvalue weighted by Crippen LogP contribution is -2.35. The molecular weight excluding hydrogens is 282 g/mol. The van der Waals surface area contributed by atoms with Gasteiger partial charge in [-0.15, -0.1) is 0 Å². The number of aromatic carboxylic acids is 1. The molecule has 1 atom stereocenters. The molecule has 1 amide bonds. The van der Waals surface area contributed by atoms with Crippen molar-refractivity contribution in [2.45, 2.75) is 39.2 Å². The van der Waals surface area contributed by atoms with Crippen LogP contribution in [0.25, 0.3) is 0 Å². The van der Waals surface area contributed by atoms with E-state index in [1.54, 1.807) is 23.1 Å². The number of benzene rings is 1. The molecule has 0 aromatic heterocycles. The molecular formula is C17H23NO4. The first-order valence-corrected chi connectivity index (χ1v) is 7.55. The fourth-order valence-electron chi connectivity index (χ4n) is 2.66. The highest BCUT2D eigenvalue weighted by Gasteiger charge is 2.29. The van der Waals surface area contributed by atoms with Gasteiger partial charge in [-0.2, -0.15) is 0 Å². The number of amides is 1. The quantitative estimate of drug-likeness (QED) is 0.931. The van der Waals surface area contributed by atoms with Crippen molar-refractivity contribution in [1.29, 1.82) is 0 Å². The second-order valence-electron chi connectivity index (χ2n) is 6.79. The molecule has 5 heteroatoms. The van der Waals surface area contributed by atoms with Crippen LogP contribution in [0.2, 0.25) is 0 Å². The number of rotatable bonds is 3. The molecule has 22 heavy (non-hydrogen) atoms. The van der Waals surface area contributed by atoms with Gasteiger partial charge < -0.3 is 14.7 Å². The minimum Gasteiger partial charge on any atom is -0.478 e. The van der Waals surface area contributed by atoms with E-state index in [0.29, 0.717) is 24.6 Å². The number of carboxylic acids is 1. The topological polar surface area (TPSA) is 66.8 Å². The van der Waals surface area contributed by atoms with E-state index in [9.17, 15) is 9.59 Å². The Morgan fingerprint density at radius 2 is 2.09 bits per heavy atom. The highest BCUT2D eigenvalue weighted by atomic mass is 16.6. The van der Waals surface area contributed by atoms with Crippen LogP contribution in [-0.2, 0) is 11.2 Å². The van der Waals surface area contributed by atoms with E-state index in [2.05, 4.69) is 0 Å². The number of carbonyl (C=O) groups excluding carboxylic acids is 1. The van der Waals surface area contributed by atoms with Gasteiger partial charge in [-0.25, -0.2) is 9.59 Å². The molecule has 1 aliphatic heterocycles. The molecule has 120 valence electrons. The van der Waals surface area contributed by atoms with Gasteiger partial charge in [-0.05, 0) is 57.2 Å². The van der Waals surface area contributed by atoms with Crippen LogP contribution in [0.5, 0.6) is 0 Å². The smallest absolute Gasteiger partial charge is 0.410 e. The summed E-state index contributed by atoms with van der Waals surface area (Å²) in [6, 6.07) is 6.99. The molecule has 0 saturated carbocycles. The molecule has 1 aromatic rings. The van der Waals surface area contributed by atoms with E-state index in [1.807, 2.05) is 26.8 Å². The van der Waals surface area contributed by atoms with Crippen molar-refractivity contribution in [3.05, 3.63) is 35.4 Å². The Hall–Kier alpha value is -2.04. The fourth-order valence-corrected chi connectivity index (χ4v) is 2.66. The zero-order valence-corrected chi connectivity index (χ0v) is 13.3. The number of hydrogen-bond acceptors (Lipinski definition) is 3. The van der Waals surface area contributed by atoms with Gasteiger partial charge in [0.25, 0.3) is 0 Å². The lowest BCUT2D eigenvalue weighted by atomic mass is 9.97. The first-order valence-electron chi connectivity index (χ1n) is 7.55. The van der Waals surface area contributed by atoms with Crippen molar-refractivity contribution in [1.82, 2.24) is 4.90 Å². The molecule has 0 radical (unpaired) electrons. The molecule has 0 aliphatic carbocycles. The minimum atomic E-state index is -0.913. The normalized spacial score (nSPS) is 18.3. The lowest BCUT2D eigenvalue weighted by Gasteiger charge is -2.24. The molecule has 0 bridgehead atoms. The Labute approximate surface area is 130 Å². The molecule has 5 nitrogen and oxygen atoms in total. The largest absolute Gasteiger partial charge is 0.478 e. The van der Waals surface area contributed by atoms with Gasteiger partial charge in [0.15, 0.2) is 0 Å². The number of carbonyl (C=O) groups is 2. The van der Waals surface area contributed by atoms with Crippen molar-refractivity contribution in [3.8, 4) is 0 Å². The number of likely N-dealkylation sites (tertiary alicyclic amines) is 1. The Morgan fingerprint density at radius 3 is 2.73 bits per heavy atom. The van der Waals surface area contributed by atoms with Crippen molar-refractivity contribution < 1.29 is 19.4 Å². The number of hydrogen-bond donors (Lipinski definition) is 1. The maximum absolute atomic E-state index is 12.0. The van der Waals surface area contributed by atoms with Crippen LogP contribution in [-0.4, -0.2) is 40.8 Å². The van der Waals surface area contributed by atoms with Crippen molar-refractivity contribution >= 4 is 12.1 Å². The Balaban J connectivity index is 1.92. The van der Waals surface area contributed by atoms with Crippen LogP contribution >= 0.6 is 0 Å². The third-order valence-corrected chi connectivity index (χ3v) is 3.64. The van der Waals surface area contributed by atoms with Gasteiger partial charge in [-0.1, -0.05) is 12.1 Å². The fraction of sp³-hybridized carbons (Fsp3) is 0.529. The molecule has 1 aromatic carbocycles. The summed E-state index contributed by atoms with van der Waals surface area (Å²) in [5, 5.41) is 9.02. The average Bonchev–Trinajstić information content (AvgIpc) is 2.85. The van der Waals surface area contributed by atoms with E-state index in [-0.39, 0.29) is 6.09 Å². The zero-order chi connectivity index (χ0) is 16.3. The summed E-state index contributed by atoms with van der Waals surface area (Å²) in [4.78, 5) is 24.8. The van der Waals surface area contributed by atoms with Gasteiger partial charge in [0, 0.05) is 13.1 Å². The first kappa shape index (κ1) is 16.3. The number of nitrogens with zero attached hydrogens (tertiary/aromatic N) is 1. The number of carboxylic acid groups (broad SMARTS) is 1. The Morgan fingerprint density at radius 1 is 1.36 bits per heavy atom. The molecule has 1 heterocycles. The minimum absolute atomic E-state index is 0.269. The van der Waals surface area contributed by atoms with Crippen LogP contribution in [0.15, 0.2) is 24.3 Å². The van der Waals surface area contributed by atoms with E-state index in [4.69, 9.17) is 9.84 Å². The zero-order valence-electron chi connectivity index (χ0n) is 13.3. The monoisotopic (exact) mass is 305 g/mol. The van der Waals surface area contributed by atoms with E-state index < -0.39 is 11.6 Å². The molecule has 0 spiro atoms. The van der Waals surface area contributed by atoms with Crippen LogP contribution < -0.4 is 0 Å². The van der Waals surface area contributed by atoms with Gasteiger partial charge in [0.1, 0.15) is 5.60 Å². The second-order valence-corrected chi connectivity index (χ2v) is 6.79. The summed E-state index contributed by atoms with van der Waals surface area (Å²) in [5.41, 5.74) is 0.820. The molecule has 1 aliphatic rings. The maximum atomic E-state index is 12.0. The molecule has 0 unspecified atom stereocenters. The van der Waals surface area contributed by atoms with E-state index >= 15 is 0 Å². The van der Waals surface area contributed by atoms with Crippen molar-refractivity contribution in [2.24, 2.45) is 5.92 Å². The Bertz CT molecular complexity index is 562. The van der Waals surface area contributed by atoms with Crippen LogP contribution in [0.4, 0.5) is 4.79 Å². The molecule has 1 saturated heterocycles. The molecule has 1 N–H and O–H groups in total. The van der Waals surface area contributed by atoms with Gasteiger partial charge >= 0.3 is 12.1 Å². The SMILES string of the molecule is CC(C)(C)OC(=O)N1CC[C@H](Cc2cccc(C(=O)O)c2)C1. The summed E-state index contributed by atoms with van der Waals surface area (Å²) < 4.78 is 5.38. The summed E-state index contributed by atoms with van der Waals surface area (Å²) in [5.74, 6) is -0.569. The van der Waals surface area contributed by atoms with Gasteiger partial charge in [-0.3, -0.25) is 0 Å². The third-order valence-electron chi connectivity index (χ3n) is 3.64. The summed E-state index contributed by atoms with van der Waals surface area (Å²) >= 11 is 0. The standard InChI is InChI=1S/C17H23NO4/c1-17(2,3)22-16(21)18-8-7-13(11-18)9-12-5-4-6-14(10-12)15(19)20/h4-6,10,13H,7-9,11H2,1-3H3,(H,19,20)/t13-/m1/s1. The predicted molar refractivity (Wildman–Crippen MR) is 83.0 cm³/mol. The second kappa shape index (κ2) is 6.38. The summed E-state index contributed by atoms with van der Waals surface area (Å²) in [6.07, 6.45) is 1.42. The Kier molecular flexibility index (Phi) is 4.74. The van der Waals surface area contributed by atoms with E-state index in [1.165, 1.54) is 0 Å². The maximum Gasteiger partial charge on any atom is 0.410 e. The highest BCUT2D eigenvalue weighted by Crippen LogP contribution is 2.23. The van der Waals surface area contributed by atoms with Crippen molar-refractivity contribution in [2.75, 3.05) is 13.1 Å². The molecule has 1 fully saturated rings. The lowest BCUT2D eigenvalue weighted by molar-refractivity contribution is 0.0288. The van der Waals surface area contributed by atoms with E-state index in [0.717, 1.165) is 18.4 Å². The molecule has 2 rings (SSSR count). The predicted octanol–water partition coefficient (Wildman–Crippen LogP) is 3.18. The van der Waals surface area contributed by atoms with Crippen LogP contribution in [0, 0.1) is 5.92 Å². The first-order chi connectivity index (χ1) is 10.2. The van der Waals surface area contributed by atoms with Gasteiger partial charge in [0.05, 0.1) is 5.56 Å². The summed E-state index contributed by atoms with van der Waals surface area (Å²) in [6.45, 7) is 6.92. The van der Waals surface area contributed by atoms with Gasteiger partial charge in [0.2, 0.25) is 0 Å². The highest BCUT2D eigenvalue weighted by molar-refractivity contribution is 5.87. The van der Waals surface area contributed by atoms with Crippen molar-refractivity contribution in [3.63, 3.8) is 0 Å². The van der Waals surface area contributed by atoms with Crippen LogP contribution in [0.1, 0.15) is 43.1 Å². The average molecular weight is 305 g/mol. The number of ether oxygens (including phenoxy) is 1. The third kappa shape index (κ3) is 4.48. The van der Waals surface area contributed by atoms with Crippen LogP contribution in [0.3, 0.4) is 0 Å². The summed E-state index contributed by atoms with van der Waals surface area (Å²) in [7, 11) is 0.